The molecule has 0 bridgehead atoms. The van der Waals surface area contributed by atoms with Gasteiger partial charge in [0.25, 0.3) is 0 Å². The van der Waals surface area contributed by atoms with E-state index in [-0.39, 0.29) is 5.75 Å². The number of hydrogen-bond donors (Lipinski definition) is 1. The molecule has 0 aromatic heterocycles. The van der Waals surface area contributed by atoms with Crippen LogP contribution in [0.3, 0.4) is 0 Å². The third-order valence-electron chi connectivity index (χ3n) is 1.23. The smallest absolute Gasteiger partial charge is 0.217 e. The van der Waals surface area contributed by atoms with Crippen molar-refractivity contribution < 1.29 is 13.2 Å². The first-order chi connectivity index (χ1) is 4.90. The molecule has 0 saturated carbocycles. The van der Waals surface area contributed by atoms with Gasteiger partial charge in [-0.05, 0) is 0 Å². The summed E-state index contributed by atoms with van der Waals surface area (Å²) in [4.78, 5) is 0. The van der Waals surface area contributed by atoms with E-state index in [1.807, 2.05) is 0 Å². The lowest BCUT2D eigenvalue weighted by Crippen LogP contribution is -2.37. The van der Waals surface area contributed by atoms with Crippen molar-refractivity contribution in [1.29, 1.82) is 0 Å². The highest BCUT2D eigenvalue weighted by Gasteiger charge is 2.17. The Morgan fingerprint density at radius 3 is 2.27 bits per heavy atom. The molecule has 1 atom stereocenters. The fourth-order valence-electron chi connectivity index (χ4n) is 0.425. The Kier molecular flexibility index (Phi) is 3.95. The van der Waals surface area contributed by atoms with Crippen molar-refractivity contribution in [1.82, 2.24) is 4.31 Å². The number of nitrogens with zero attached hydrogens (tertiary/aromatic N) is 1. The van der Waals surface area contributed by atoms with Crippen molar-refractivity contribution in [2.75, 3.05) is 27.0 Å². The van der Waals surface area contributed by atoms with Gasteiger partial charge in [-0.1, -0.05) is 0 Å². The Bertz CT molecular complexity index is 200. The number of ether oxygens (including phenoxy) is 1. The lowest BCUT2D eigenvalue weighted by atomic mass is 10.7. The Morgan fingerprint density at radius 2 is 2.00 bits per heavy atom. The summed E-state index contributed by atoms with van der Waals surface area (Å²) in [7, 11) is 1.06. The maximum absolute atomic E-state index is 11.1. The SMILES string of the molecule is COC(N)CS(=O)(=O)N(C)C. The van der Waals surface area contributed by atoms with Crippen LogP contribution in [0, 0.1) is 0 Å². The molecule has 6 heteroatoms. The van der Waals surface area contributed by atoms with Gasteiger partial charge in [-0.15, -0.1) is 0 Å². The van der Waals surface area contributed by atoms with E-state index in [4.69, 9.17) is 5.73 Å². The molecule has 11 heavy (non-hydrogen) atoms. The third-order valence-corrected chi connectivity index (χ3v) is 3.10. The molecule has 0 aliphatic carbocycles. The fourth-order valence-corrected chi connectivity index (χ4v) is 1.27. The second-order valence-electron chi connectivity index (χ2n) is 2.34. The fraction of sp³-hybridized carbons (Fsp3) is 1.00. The van der Waals surface area contributed by atoms with Gasteiger partial charge < -0.3 is 10.5 Å². The second kappa shape index (κ2) is 4.01. The zero-order chi connectivity index (χ0) is 9.07. The predicted octanol–water partition coefficient (Wildman–Crippen LogP) is -1.19. The first kappa shape index (κ1) is 10.8. The van der Waals surface area contributed by atoms with Crippen molar-refractivity contribution in [2.24, 2.45) is 5.73 Å². The van der Waals surface area contributed by atoms with Crippen LogP contribution in [0.25, 0.3) is 0 Å². The van der Waals surface area contributed by atoms with Crippen molar-refractivity contribution in [2.45, 2.75) is 6.23 Å². The van der Waals surface area contributed by atoms with Crippen molar-refractivity contribution >= 4 is 10.0 Å². The second-order valence-corrected chi connectivity index (χ2v) is 4.56. The maximum atomic E-state index is 11.1. The van der Waals surface area contributed by atoms with E-state index in [0.717, 1.165) is 4.31 Å². The molecule has 0 aliphatic heterocycles. The first-order valence-electron chi connectivity index (χ1n) is 3.08. The van der Waals surface area contributed by atoms with Gasteiger partial charge in [0.15, 0.2) is 0 Å². The van der Waals surface area contributed by atoms with Gasteiger partial charge in [0, 0.05) is 21.2 Å². The highest BCUT2D eigenvalue weighted by atomic mass is 32.2. The molecule has 0 radical (unpaired) electrons. The van der Waals surface area contributed by atoms with Crippen LogP contribution >= 0.6 is 0 Å². The molecule has 5 nitrogen and oxygen atoms in total. The normalized spacial score (nSPS) is 15.4. The molecular formula is C5H14N2O3S. The molecular weight excluding hydrogens is 168 g/mol. The number of rotatable bonds is 4. The maximum Gasteiger partial charge on any atom is 0.217 e. The van der Waals surface area contributed by atoms with Crippen molar-refractivity contribution in [3.05, 3.63) is 0 Å². The molecule has 0 aliphatic rings. The molecule has 0 fully saturated rings. The van der Waals surface area contributed by atoms with E-state index in [0.29, 0.717) is 0 Å². The van der Waals surface area contributed by atoms with E-state index >= 15 is 0 Å². The molecule has 0 spiro atoms. The summed E-state index contributed by atoms with van der Waals surface area (Å²) in [5.41, 5.74) is 5.27. The van der Waals surface area contributed by atoms with Gasteiger partial charge in [0.2, 0.25) is 10.0 Å². The summed E-state index contributed by atoms with van der Waals surface area (Å²) >= 11 is 0. The number of methoxy groups -OCH3 is 1. The topological polar surface area (TPSA) is 72.6 Å². The Balaban J connectivity index is 4.15. The van der Waals surface area contributed by atoms with E-state index in [9.17, 15) is 8.42 Å². The highest BCUT2D eigenvalue weighted by Crippen LogP contribution is 1.96. The number of hydrogen-bond acceptors (Lipinski definition) is 4. The monoisotopic (exact) mass is 182 g/mol. The Morgan fingerprint density at radius 1 is 1.55 bits per heavy atom. The molecule has 2 N–H and O–H groups in total. The third kappa shape index (κ3) is 3.66. The van der Waals surface area contributed by atoms with Crippen LogP contribution in [-0.4, -0.2) is 45.9 Å². The van der Waals surface area contributed by atoms with E-state index < -0.39 is 16.3 Å². The minimum Gasteiger partial charge on any atom is -0.366 e. The standard InChI is InChI=1S/C5H14N2O3S/c1-7(2)11(8,9)4-5(6)10-3/h5H,4,6H2,1-3H3. The quantitative estimate of drug-likeness (QED) is 0.555. The minimum atomic E-state index is -3.23. The molecule has 0 aromatic carbocycles. The van der Waals surface area contributed by atoms with Crippen molar-refractivity contribution in [3.63, 3.8) is 0 Å². The number of sulfonamides is 1. The van der Waals surface area contributed by atoms with Gasteiger partial charge in [0.05, 0.1) is 0 Å². The Hall–Kier alpha value is -0.170. The summed E-state index contributed by atoms with van der Waals surface area (Å²) in [5.74, 6) is -0.184. The Labute approximate surface area is 67.2 Å². The van der Waals surface area contributed by atoms with Crippen LogP contribution in [0.5, 0.6) is 0 Å². The zero-order valence-electron chi connectivity index (χ0n) is 6.94. The van der Waals surface area contributed by atoms with E-state index in [1.54, 1.807) is 0 Å². The number of nitrogens with two attached hydrogens (primary N) is 1. The van der Waals surface area contributed by atoms with Gasteiger partial charge in [-0.3, -0.25) is 0 Å². The zero-order valence-corrected chi connectivity index (χ0v) is 7.76. The van der Waals surface area contributed by atoms with E-state index in [1.165, 1.54) is 21.2 Å². The largest absolute Gasteiger partial charge is 0.366 e. The molecule has 0 aromatic rings. The van der Waals surface area contributed by atoms with Crippen LogP contribution in [0.15, 0.2) is 0 Å². The van der Waals surface area contributed by atoms with Gasteiger partial charge in [-0.2, -0.15) is 0 Å². The summed E-state index contributed by atoms with van der Waals surface area (Å²) in [5, 5.41) is 0. The van der Waals surface area contributed by atoms with Crippen LogP contribution in [-0.2, 0) is 14.8 Å². The van der Waals surface area contributed by atoms with E-state index in [2.05, 4.69) is 4.74 Å². The van der Waals surface area contributed by atoms with Crippen LogP contribution < -0.4 is 5.73 Å². The molecule has 1 unspecified atom stereocenters. The van der Waals surface area contributed by atoms with Crippen LogP contribution in [0.4, 0.5) is 0 Å². The van der Waals surface area contributed by atoms with Crippen molar-refractivity contribution in [3.8, 4) is 0 Å². The molecule has 68 valence electrons. The predicted molar refractivity (Wildman–Crippen MR) is 42.5 cm³/mol. The lowest BCUT2D eigenvalue weighted by Gasteiger charge is -2.14. The molecule has 0 heterocycles. The van der Waals surface area contributed by atoms with Crippen LogP contribution in [0.2, 0.25) is 0 Å². The molecule has 0 saturated heterocycles. The average Bonchev–Trinajstić information content (AvgIpc) is 1.86. The van der Waals surface area contributed by atoms with Crippen LogP contribution in [0.1, 0.15) is 0 Å². The molecule has 0 rings (SSSR count). The lowest BCUT2D eigenvalue weighted by molar-refractivity contribution is 0.125. The minimum absolute atomic E-state index is 0.184. The summed E-state index contributed by atoms with van der Waals surface area (Å²) in [6.07, 6.45) is -0.748. The van der Waals surface area contributed by atoms with Gasteiger partial charge in [0.1, 0.15) is 12.0 Å². The highest BCUT2D eigenvalue weighted by molar-refractivity contribution is 7.89. The first-order valence-corrected chi connectivity index (χ1v) is 4.69. The molecule has 0 amide bonds. The summed E-state index contributed by atoms with van der Waals surface area (Å²) in [6.45, 7) is 0. The summed E-state index contributed by atoms with van der Waals surface area (Å²) in [6, 6.07) is 0. The summed E-state index contributed by atoms with van der Waals surface area (Å²) < 4.78 is 27.9. The van der Waals surface area contributed by atoms with Gasteiger partial charge in [-0.25, -0.2) is 12.7 Å². The average molecular weight is 182 g/mol. The van der Waals surface area contributed by atoms with Gasteiger partial charge >= 0.3 is 0 Å².